The van der Waals surface area contributed by atoms with Crippen molar-refractivity contribution < 1.29 is 13.2 Å². The number of carbonyl (C=O) groups is 1. The first kappa shape index (κ1) is 12.0. The van der Waals surface area contributed by atoms with Crippen LogP contribution in [0.4, 0.5) is 0 Å². The average molecular weight is 254 g/mol. The summed E-state index contributed by atoms with van der Waals surface area (Å²) in [4.78, 5) is 15.5. The second kappa shape index (κ2) is 4.10. The molecule has 92 valence electrons. The molecule has 0 radical (unpaired) electrons. The van der Waals surface area contributed by atoms with Crippen LogP contribution >= 0.6 is 0 Å². The molecule has 0 unspecified atom stereocenters. The molecule has 1 aliphatic carbocycles. The molecule has 0 aliphatic heterocycles. The molecule has 17 heavy (non-hydrogen) atoms. The third-order valence-corrected chi connectivity index (χ3v) is 4.21. The second-order valence-electron chi connectivity index (χ2n) is 4.42. The average Bonchev–Trinajstić information content (AvgIpc) is 2.95. The third kappa shape index (κ3) is 2.63. The van der Waals surface area contributed by atoms with Crippen molar-refractivity contribution in [3.05, 3.63) is 24.0 Å². The largest absolute Gasteiger partial charge is 0.274 e. The van der Waals surface area contributed by atoms with Gasteiger partial charge in [-0.25, -0.2) is 13.1 Å². The number of sulfonamides is 1. The molecular formula is C11H14N2O3S. The maximum absolute atomic E-state index is 11.8. The minimum atomic E-state index is -3.77. The van der Waals surface area contributed by atoms with Gasteiger partial charge in [0.25, 0.3) is 10.0 Å². The van der Waals surface area contributed by atoms with Gasteiger partial charge in [0.1, 0.15) is 4.90 Å². The molecule has 1 N–H and O–H groups in total. The van der Waals surface area contributed by atoms with Gasteiger partial charge in [0.15, 0.2) is 0 Å². The standard InChI is InChI=1S/C11H14N2O3S/c1-7-5-10(7)11(14)13-17(15,16)9-4-3-8(2)12-6-9/h3-4,6-7,10H,5H2,1-2H3,(H,13,14)/t7-,10-/m1/s1. The normalized spacial score (nSPS) is 23.2. The number of aromatic nitrogens is 1. The van der Waals surface area contributed by atoms with E-state index in [1.807, 2.05) is 6.92 Å². The molecule has 1 aliphatic rings. The first-order valence-corrected chi connectivity index (χ1v) is 6.88. The number of hydrogen-bond donors (Lipinski definition) is 1. The van der Waals surface area contributed by atoms with Crippen molar-refractivity contribution in [2.24, 2.45) is 11.8 Å². The Morgan fingerprint density at radius 2 is 2.12 bits per heavy atom. The SMILES string of the molecule is Cc1ccc(S(=O)(=O)NC(=O)[C@@H]2C[C@H]2C)cn1. The van der Waals surface area contributed by atoms with Crippen molar-refractivity contribution in [2.45, 2.75) is 25.2 Å². The second-order valence-corrected chi connectivity index (χ2v) is 6.11. The van der Waals surface area contributed by atoms with E-state index in [1.54, 1.807) is 13.0 Å². The number of nitrogens with zero attached hydrogens (tertiary/aromatic N) is 1. The lowest BCUT2D eigenvalue weighted by atomic mass is 10.3. The summed E-state index contributed by atoms with van der Waals surface area (Å²) in [5.41, 5.74) is 0.728. The molecule has 0 bridgehead atoms. The van der Waals surface area contributed by atoms with Crippen molar-refractivity contribution in [2.75, 3.05) is 0 Å². The minimum absolute atomic E-state index is 0.0183. The van der Waals surface area contributed by atoms with Crippen molar-refractivity contribution >= 4 is 15.9 Å². The molecule has 1 saturated carbocycles. The summed E-state index contributed by atoms with van der Waals surface area (Å²) in [5, 5.41) is 0. The first-order valence-electron chi connectivity index (χ1n) is 5.39. The van der Waals surface area contributed by atoms with E-state index in [4.69, 9.17) is 0 Å². The van der Waals surface area contributed by atoms with Crippen LogP contribution in [0.5, 0.6) is 0 Å². The summed E-state index contributed by atoms with van der Waals surface area (Å²) in [7, 11) is -3.77. The van der Waals surface area contributed by atoms with E-state index in [0.717, 1.165) is 12.1 Å². The van der Waals surface area contributed by atoms with Crippen LogP contribution in [0.15, 0.2) is 23.2 Å². The number of carbonyl (C=O) groups excluding carboxylic acids is 1. The smallest absolute Gasteiger partial charge is 0.265 e. The van der Waals surface area contributed by atoms with Crippen LogP contribution in [-0.2, 0) is 14.8 Å². The molecule has 0 spiro atoms. The zero-order valence-corrected chi connectivity index (χ0v) is 10.5. The van der Waals surface area contributed by atoms with Gasteiger partial charge in [-0.1, -0.05) is 6.92 Å². The summed E-state index contributed by atoms with van der Waals surface area (Å²) >= 11 is 0. The number of pyridine rings is 1. The van der Waals surface area contributed by atoms with Gasteiger partial charge in [0, 0.05) is 17.8 Å². The Morgan fingerprint density at radius 3 is 2.59 bits per heavy atom. The Morgan fingerprint density at radius 1 is 1.47 bits per heavy atom. The molecule has 0 saturated heterocycles. The Balaban J connectivity index is 2.13. The Labute approximate surface area is 100 Å². The molecule has 2 atom stereocenters. The van der Waals surface area contributed by atoms with E-state index in [1.165, 1.54) is 12.3 Å². The fraction of sp³-hybridized carbons (Fsp3) is 0.455. The van der Waals surface area contributed by atoms with Crippen LogP contribution in [0.2, 0.25) is 0 Å². The van der Waals surface area contributed by atoms with Gasteiger partial charge >= 0.3 is 0 Å². The van der Waals surface area contributed by atoms with Gasteiger partial charge in [0.05, 0.1) is 0 Å². The zero-order chi connectivity index (χ0) is 12.6. The summed E-state index contributed by atoms with van der Waals surface area (Å²) < 4.78 is 25.7. The van der Waals surface area contributed by atoms with Gasteiger partial charge in [-0.2, -0.15) is 0 Å². The van der Waals surface area contributed by atoms with Crippen LogP contribution in [0.1, 0.15) is 19.0 Å². The number of hydrogen-bond acceptors (Lipinski definition) is 4. The van der Waals surface area contributed by atoms with Gasteiger partial charge in [-0.05, 0) is 31.4 Å². The van der Waals surface area contributed by atoms with E-state index >= 15 is 0 Å². The van der Waals surface area contributed by atoms with Crippen molar-refractivity contribution in [3.8, 4) is 0 Å². The molecule has 5 nitrogen and oxygen atoms in total. The van der Waals surface area contributed by atoms with E-state index < -0.39 is 15.9 Å². The first-order chi connectivity index (χ1) is 7.90. The van der Waals surface area contributed by atoms with Gasteiger partial charge < -0.3 is 0 Å². The molecule has 1 heterocycles. The topological polar surface area (TPSA) is 76.1 Å². The maximum atomic E-state index is 11.8. The van der Waals surface area contributed by atoms with Crippen LogP contribution < -0.4 is 4.72 Å². The lowest BCUT2D eigenvalue weighted by molar-refractivity contribution is -0.120. The monoisotopic (exact) mass is 254 g/mol. The molecule has 1 fully saturated rings. The summed E-state index contributed by atoms with van der Waals surface area (Å²) in [6.45, 7) is 3.69. The highest BCUT2D eigenvalue weighted by atomic mass is 32.2. The number of amides is 1. The quantitative estimate of drug-likeness (QED) is 0.867. The van der Waals surface area contributed by atoms with E-state index in [9.17, 15) is 13.2 Å². The van der Waals surface area contributed by atoms with Gasteiger partial charge in [-0.3, -0.25) is 9.78 Å². The Kier molecular flexibility index (Phi) is 2.91. The van der Waals surface area contributed by atoms with Crippen molar-refractivity contribution in [3.63, 3.8) is 0 Å². The van der Waals surface area contributed by atoms with E-state index in [-0.39, 0.29) is 16.7 Å². The molecule has 1 aromatic heterocycles. The predicted molar refractivity (Wildman–Crippen MR) is 61.6 cm³/mol. The summed E-state index contributed by atoms with van der Waals surface area (Å²) in [6, 6.07) is 3.03. The molecular weight excluding hydrogens is 240 g/mol. The molecule has 1 amide bonds. The van der Waals surface area contributed by atoms with Gasteiger partial charge in [-0.15, -0.1) is 0 Å². The maximum Gasteiger partial charge on any atom is 0.265 e. The molecule has 1 aromatic rings. The van der Waals surface area contributed by atoms with Crippen LogP contribution in [-0.4, -0.2) is 19.3 Å². The fourth-order valence-corrected chi connectivity index (χ4v) is 2.54. The summed E-state index contributed by atoms with van der Waals surface area (Å²) in [5.74, 6) is -0.303. The lowest BCUT2D eigenvalue weighted by Crippen LogP contribution is -2.32. The lowest BCUT2D eigenvalue weighted by Gasteiger charge is -2.06. The van der Waals surface area contributed by atoms with E-state index in [2.05, 4.69) is 9.71 Å². The highest BCUT2D eigenvalue weighted by Gasteiger charge is 2.40. The Hall–Kier alpha value is -1.43. The minimum Gasteiger partial charge on any atom is -0.274 e. The predicted octanol–water partition coefficient (Wildman–Crippen LogP) is 0.851. The fourth-order valence-electron chi connectivity index (χ4n) is 1.57. The van der Waals surface area contributed by atoms with Crippen molar-refractivity contribution in [1.82, 2.24) is 9.71 Å². The van der Waals surface area contributed by atoms with Crippen LogP contribution in [0.25, 0.3) is 0 Å². The highest BCUT2D eigenvalue weighted by molar-refractivity contribution is 7.90. The molecule has 6 heteroatoms. The summed E-state index contributed by atoms with van der Waals surface area (Å²) in [6.07, 6.45) is 2.01. The number of nitrogens with one attached hydrogen (secondary N) is 1. The highest BCUT2D eigenvalue weighted by Crippen LogP contribution is 2.37. The molecule has 2 rings (SSSR count). The van der Waals surface area contributed by atoms with E-state index in [0.29, 0.717) is 0 Å². The van der Waals surface area contributed by atoms with Crippen molar-refractivity contribution in [1.29, 1.82) is 0 Å². The third-order valence-electron chi connectivity index (χ3n) is 2.88. The van der Waals surface area contributed by atoms with Gasteiger partial charge in [0.2, 0.25) is 5.91 Å². The number of aryl methyl sites for hydroxylation is 1. The number of rotatable bonds is 3. The molecule has 0 aromatic carbocycles. The Bertz CT molecular complexity index is 536. The zero-order valence-electron chi connectivity index (χ0n) is 9.67. The van der Waals surface area contributed by atoms with Crippen LogP contribution in [0, 0.1) is 18.8 Å². The van der Waals surface area contributed by atoms with Crippen LogP contribution in [0.3, 0.4) is 0 Å².